The molecule has 11 heteroatoms. The molecule has 1 aromatic heterocycles. The van der Waals surface area contributed by atoms with E-state index in [0.29, 0.717) is 5.56 Å². The van der Waals surface area contributed by atoms with Crippen molar-refractivity contribution in [2.45, 2.75) is 32.1 Å². The van der Waals surface area contributed by atoms with Crippen molar-refractivity contribution in [3.8, 4) is 5.75 Å². The molecule has 35 heavy (non-hydrogen) atoms. The lowest BCUT2D eigenvalue weighted by Crippen LogP contribution is -2.36. The van der Waals surface area contributed by atoms with Crippen molar-refractivity contribution in [1.82, 2.24) is 9.88 Å². The van der Waals surface area contributed by atoms with Gasteiger partial charge in [0, 0.05) is 6.20 Å². The van der Waals surface area contributed by atoms with Gasteiger partial charge in [-0.3, -0.25) is 9.59 Å². The predicted molar refractivity (Wildman–Crippen MR) is 121 cm³/mol. The van der Waals surface area contributed by atoms with Crippen LogP contribution in [-0.2, 0) is 17.5 Å². The number of alkyl halides is 3. The molecule has 1 atom stereocenters. The summed E-state index contributed by atoms with van der Waals surface area (Å²) in [4.78, 5) is 36.7. The number of aromatic hydroxyl groups is 1. The molecule has 0 saturated carbocycles. The molecule has 0 unspecified atom stereocenters. The maximum atomic E-state index is 13.0. The van der Waals surface area contributed by atoms with Gasteiger partial charge in [0.15, 0.2) is 5.69 Å². The van der Waals surface area contributed by atoms with Crippen LogP contribution in [0.3, 0.4) is 0 Å². The first-order valence-electron chi connectivity index (χ1n) is 10.4. The summed E-state index contributed by atoms with van der Waals surface area (Å²) < 4.78 is 40.0. The number of carboxylic acids is 1. The summed E-state index contributed by atoms with van der Waals surface area (Å²) in [5.74, 6) is -1.72. The number of nitrogens with one attached hydrogen (secondary N) is 2. The van der Waals surface area contributed by atoms with E-state index in [2.05, 4.69) is 10.6 Å². The number of aliphatic carboxylic acids is 1. The fraction of sp³-hybridized carbons (Fsp3) is 0.208. The van der Waals surface area contributed by atoms with E-state index in [1.54, 1.807) is 24.3 Å². The van der Waals surface area contributed by atoms with Crippen LogP contribution in [0.4, 0.5) is 23.7 Å². The molecule has 0 fully saturated rings. The number of nitrogens with zero attached hydrogens (tertiary/aromatic N) is 1. The maximum Gasteiger partial charge on any atom is 0.416 e. The number of pyridine rings is 1. The summed E-state index contributed by atoms with van der Waals surface area (Å²) in [6, 6.07) is 10.5. The second-order valence-corrected chi connectivity index (χ2v) is 7.87. The number of aromatic nitrogens is 1. The molecule has 4 N–H and O–H groups in total. The van der Waals surface area contributed by atoms with Crippen LogP contribution in [-0.4, -0.2) is 26.8 Å². The largest absolute Gasteiger partial charge is 0.505 e. The zero-order valence-electron chi connectivity index (χ0n) is 18.5. The number of halogens is 3. The Kier molecular flexibility index (Phi) is 7.48. The third-order valence-electron chi connectivity index (χ3n) is 5.15. The molecule has 3 rings (SSSR count). The molecule has 0 bridgehead atoms. The van der Waals surface area contributed by atoms with Crippen molar-refractivity contribution in [3.63, 3.8) is 0 Å². The van der Waals surface area contributed by atoms with Crippen molar-refractivity contribution < 1.29 is 33.0 Å². The number of aryl methyl sites for hydroxylation is 1. The van der Waals surface area contributed by atoms with E-state index >= 15 is 0 Å². The molecular formula is C24H22F3N3O5. The molecule has 8 nitrogen and oxygen atoms in total. The van der Waals surface area contributed by atoms with Crippen molar-refractivity contribution >= 4 is 17.7 Å². The van der Waals surface area contributed by atoms with Gasteiger partial charge in [-0.25, -0.2) is 4.79 Å². The molecule has 0 spiro atoms. The van der Waals surface area contributed by atoms with Crippen LogP contribution < -0.4 is 16.2 Å². The summed E-state index contributed by atoms with van der Waals surface area (Å²) >= 11 is 0. The lowest BCUT2D eigenvalue weighted by Gasteiger charge is -2.19. The maximum absolute atomic E-state index is 13.0. The molecule has 1 heterocycles. The number of urea groups is 1. The summed E-state index contributed by atoms with van der Waals surface area (Å²) in [5, 5.41) is 24.0. The standard InChI is InChI=1S/C24H22F3N3O5/c1-14-5-7-16(8-6-14)18(12-20(32)33)28-23(35)29-21-19(31)9-10-30(22(21)34)13-15-3-2-4-17(11-15)24(25,26)27/h2-11,18,31H,12-13H2,1H3,(H,32,33)(H2,28,29,35)/t18-/m0/s1. The van der Waals surface area contributed by atoms with Crippen LogP contribution in [0.15, 0.2) is 65.6 Å². The van der Waals surface area contributed by atoms with Gasteiger partial charge in [-0.2, -0.15) is 13.2 Å². The quantitative estimate of drug-likeness (QED) is 0.395. The number of hydrogen-bond donors (Lipinski definition) is 4. The van der Waals surface area contributed by atoms with E-state index < -0.39 is 53.2 Å². The number of hydrogen-bond acceptors (Lipinski definition) is 4. The molecule has 184 valence electrons. The Bertz CT molecular complexity index is 1290. The smallest absolute Gasteiger partial charge is 0.416 e. The van der Waals surface area contributed by atoms with Gasteiger partial charge < -0.3 is 25.4 Å². The molecule has 2 amide bonds. The Hall–Kier alpha value is -4.28. The average molecular weight is 489 g/mol. The van der Waals surface area contributed by atoms with Crippen LogP contribution in [0.25, 0.3) is 0 Å². The summed E-state index contributed by atoms with van der Waals surface area (Å²) in [6.45, 7) is 1.60. The van der Waals surface area contributed by atoms with Crippen LogP contribution in [0.2, 0.25) is 0 Å². The van der Waals surface area contributed by atoms with E-state index in [9.17, 15) is 37.8 Å². The van der Waals surface area contributed by atoms with Gasteiger partial charge in [0.25, 0.3) is 5.56 Å². The Morgan fingerprint density at radius 3 is 2.40 bits per heavy atom. The van der Waals surface area contributed by atoms with Gasteiger partial charge in [-0.15, -0.1) is 0 Å². The molecule has 0 aliphatic heterocycles. The minimum absolute atomic E-state index is 0.184. The number of carbonyl (C=O) groups excluding carboxylic acids is 1. The highest BCUT2D eigenvalue weighted by Gasteiger charge is 2.30. The SMILES string of the molecule is Cc1ccc([C@H](CC(=O)O)NC(=O)Nc2c(O)ccn(Cc3cccc(C(F)(F)F)c3)c2=O)cc1. The number of rotatable bonds is 7. The highest BCUT2D eigenvalue weighted by atomic mass is 19.4. The number of anilines is 1. The Morgan fingerprint density at radius 2 is 1.77 bits per heavy atom. The highest BCUT2D eigenvalue weighted by molar-refractivity contribution is 5.91. The van der Waals surface area contributed by atoms with Gasteiger partial charge >= 0.3 is 18.2 Å². The summed E-state index contributed by atoms with van der Waals surface area (Å²) in [7, 11) is 0. The van der Waals surface area contributed by atoms with Crippen LogP contribution in [0.1, 0.15) is 34.7 Å². The third kappa shape index (κ3) is 6.62. The first-order chi connectivity index (χ1) is 16.4. The normalized spacial score (nSPS) is 12.1. The van der Waals surface area contributed by atoms with E-state index in [1.165, 1.54) is 18.3 Å². The first kappa shape index (κ1) is 25.3. The molecule has 0 aliphatic rings. The van der Waals surface area contributed by atoms with E-state index in [4.69, 9.17) is 0 Å². The summed E-state index contributed by atoms with van der Waals surface area (Å²) in [5.41, 5.74) is -0.600. The topological polar surface area (TPSA) is 121 Å². The van der Waals surface area contributed by atoms with Gasteiger partial charge in [-0.05, 0) is 36.2 Å². The lowest BCUT2D eigenvalue weighted by molar-refractivity contribution is -0.138. The first-order valence-corrected chi connectivity index (χ1v) is 10.4. The second-order valence-electron chi connectivity index (χ2n) is 7.87. The average Bonchev–Trinajstić information content (AvgIpc) is 2.78. The molecule has 0 radical (unpaired) electrons. The zero-order chi connectivity index (χ0) is 25.8. The number of amides is 2. The van der Waals surface area contributed by atoms with Crippen molar-refractivity contribution in [3.05, 3.63) is 93.4 Å². The van der Waals surface area contributed by atoms with Gasteiger partial charge in [-0.1, -0.05) is 42.0 Å². The third-order valence-corrected chi connectivity index (χ3v) is 5.15. The highest BCUT2D eigenvalue weighted by Crippen LogP contribution is 2.29. The van der Waals surface area contributed by atoms with Crippen LogP contribution in [0, 0.1) is 6.92 Å². The fourth-order valence-electron chi connectivity index (χ4n) is 3.38. The van der Waals surface area contributed by atoms with Crippen LogP contribution >= 0.6 is 0 Å². The predicted octanol–water partition coefficient (Wildman–Crippen LogP) is 4.27. The molecule has 2 aromatic carbocycles. The zero-order valence-corrected chi connectivity index (χ0v) is 18.5. The number of carbonyl (C=O) groups is 2. The van der Waals surface area contributed by atoms with Crippen molar-refractivity contribution in [2.24, 2.45) is 0 Å². The Labute approximate surface area is 197 Å². The second kappa shape index (κ2) is 10.3. The van der Waals surface area contributed by atoms with Crippen LogP contribution in [0.5, 0.6) is 5.75 Å². The van der Waals surface area contributed by atoms with Crippen molar-refractivity contribution in [1.29, 1.82) is 0 Å². The summed E-state index contributed by atoms with van der Waals surface area (Å²) in [6.07, 6.45) is -3.80. The van der Waals surface area contributed by atoms with Gasteiger partial charge in [0.1, 0.15) is 5.75 Å². The van der Waals surface area contributed by atoms with Crippen molar-refractivity contribution in [2.75, 3.05) is 5.32 Å². The minimum Gasteiger partial charge on any atom is -0.505 e. The Balaban J connectivity index is 1.81. The van der Waals surface area contributed by atoms with Gasteiger partial charge in [0.2, 0.25) is 0 Å². The van der Waals surface area contributed by atoms with Gasteiger partial charge in [0.05, 0.1) is 24.6 Å². The molecule has 0 saturated heterocycles. The van der Waals surface area contributed by atoms with E-state index in [-0.39, 0.29) is 12.1 Å². The van der Waals surface area contributed by atoms with E-state index in [1.807, 2.05) is 6.92 Å². The Morgan fingerprint density at radius 1 is 1.09 bits per heavy atom. The monoisotopic (exact) mass is 489 g/mol. The minimum atomic E-state index is -4.55. The lowest BCUT2D eigenvalue weighted by atomic mass is 10.0. The number of carboxylic acid groups (broad SMARTS) is 1. The molecular weight excluding hydrogens is 467 g/mol. The number of benzene rings is 2. The molecule has 0 aliphatic carbocycles. The van der Waals surface area contributed by atoms with E-state index in [0.717, 1.165) is 28.3 Å². The molecule has 3 aromatic rings. The fourth-order valence-corrected chi connectivity index (χ4v) is 3.38.